The highest BCUT2D eigenvalue weighted by Crippen LogP contribution is 2.28. The molecule has 1 fully saturated rings. The number of carbonyl (C=O) groups is 1. The normalized spacial score (nSPS) is 15.7. The maximum absolute atomic E-state index is 12.6. The van der Waals surface area contributed by atoms with E-state index in [4.69, 9.17) is 9.47 Å². The van der Waals surface area contributed by atoms with E-state index in [1.54, 1.807) is 7.11 Å². The molecule has 1 saturated heterocycles. The van der Waals surface area contributed by atoms with E-state index in [-0.39, 0.29) is 17.8 Å². The summed E-state index contributed by atoms with van der Waals surface area (Å²) in [5, 5.41) is 12.5. The molecular weight excluding hydrogens is 436 g/mol. The van der Waals surface area contributed by atoms with E-state index < -0.39 is 0 Å². The molecule has 0 saturated carbocycles. The second kappa shape index (κ2) is 10.9. The number of carbonyl (C=O) groups excluding carboxylic acids is 1. The molecule has 0 spiro atoms. The van der Waals surface area contributed by atoms with Crippen LogP contribution in [-0.4, -0.2) is 46.2 Å². The van der Waals surface area contributed by atoms with Crippen molar-refractivity contribution in [3.8, 4) is 17.1 Å². The summed E-state index contributed by atoms with van der Waals surface area (Å²) >= 11 is 1.39. The zero-order chi connectivity index (χ0) is 23.2. The molecule has 1 atom stereocenters. The third kappa shape index (κ3) is 5.94. The molecule has 1 unspecified atom stereocenters. The van der Waals surface area contributed by atoms with Crippen molar-refractivity contribution in [2.75, 3.05) is 24.8 Å². The Morgan fingerprint density at radius 1 is 1.18 bits per heavy atom. The Kier molecular flexibility index (Phi) is 7.67. The molecule has 1 aliphatic rings. The predicted octanol–water partition coefficient (Wildman–Crippen LogP) is 4.99. The fraction of sp³-hybridized carbons (Fsp3) is 0.400. The number of hydrogen-bond donors (Lipinski definition) is 1. The van der Waals surface area contributed by atoms with E-state index in [1.807, 2.05) is 48.5 Å². The summed E-state index contributed by atoms with van der Waals surface area (Å²) in [5.41, 5.74) is 2.99. The molecule has 174 valence electrons. The van der Waals surface area contributed by atoms with E-state index >= 15 is 0 Å². The van der Waals surface area contributed by atoms with Gasteiger partial charge in [0.25, 0.3) is 0 Å². The van der Waals surface area contributed by atoms with Crippen molar-refractivity contribution in [3.63, 3.8) is 0 Å². The number of ether oxygens (including phenoxy) is 2. The lowest BCUT2D eigenvalue weighted by molar-refractivity contribution is -0.113. The topological polar surface area (TPSA) is 78.3 Å². The first-order chi connectivity index (χ1) is 16.0. The van der Waals surface area contributed by atoms with Crippen LogP contribution in [-0.2, 0) is 16.1 Å². The average Bonchev–Trinajstić information content (AvgIpc) is 3.48. The fourth-order valence-corrected chi connectivity index (χ4v) is 4.53. The van der Waals surface area contributed by atoms with Crippen molar-refractivity contribution in [1.82, 2.24) is 14.8 Å². The lowest BCUT2D eigenvalue weighted by Crippen LogP contribution is -2.18. The van der Waals surface area contributed by atoms with Crippen LogP contribution in [0.3, 0.4) is 0 Å². The van der Waals surface area contributed by atoms with Gasteiger partial charge in [0.15, 0.2) is 11.0 Å². The molecule has 1 aromatic heterocycles. The Morgan fingerprint density at radius 3 is 2.58 bits per heavy atom. The molecule has 3 aromatic rings. The molecule has 1 N–H and O–H groups in total. The van der Waals surface area contributed by atoms with Gasteiger partial charge in [-0.05, 0) is 60.7 Å². The Morgan fingerprint density at radius 2 is 1.94 bits per heavy atom. The van der Waals surface area contributed by atoms with Gasteiger partial charge in [-0.2, -0.15) is 0 Å². The number of methoxy groups -OCH3 is 1. The molecule has 1 amide bonds. The van der Waals surface area contributed by atoms with Crippen LogP contribution in [0.4, 0.5) is 5.69 Å². The first-order valence-electron chi connectivity index (χ1n) is 11.3. The number of nitrogens with one attached hydrogen (secondary N) is 1. The van der Waals surface area contributed by atoms with Crippen molar-refractivity contribution in [3.05, 3.63) is 54.1 Å². The van der Waals surface area contributed by atoms with Gasteiger partial charge in [-0.3, -0.25) is 9.36 Å². The molecule has 33 heavy (non-hydrogen) atoms. The molecule has 0 radical (unpaired) electrons. The highest BCUT2D eigenvalue weighted by atomic mass is 32.2. The minimum atomic E-state index is -0.0741. The largest absolute Gasteiger partial charge is 0.497 e. The average molecular weight is 467 g/mol. The number of benzene rings is 2. The number of thioether (sulfide) groups is 1. The van der Waals surface area contributed by atoms with Crippen molar-refractivity contribution in [1.29, 1.82) is 0 Å². The van der Waals surface area contributed by atoms with Crippen molar-refractivity contribution >= 4 is 23.4 Å². The van der Waals surface area contributed by atoms with E-state index in [0.717, 1.165) is 42.3 Å². The number of aromatic nitrogens is 3. The summed E-state index contributed by atoms with van der Waals surface area (Å²) in [5.74, 6) is 2.19. The first-order valence-corrected chi connectivity index (χ1v) is 12.2. The molecule has 8 heteroatoms. The Balaban J connectivity index is 1.46. The van der Waals surface area contributed by atoms with Gasteiger partial charge in [-0.15, -0.1) is 10.2 Å². The Labute approximate surface area is 198 Å². The molecule has 1 aliphatic heterocycles. The number of anilines is 1. The van der Waals surface area contributed by atoms with E-state index in [0.29, 0.717) is 17.6 Å². The lowest BCUT2D eigenvalue weighted by atomic mass is 10.0. The van der Waals surface area contributed by atoms with Crippen LogP contribution >= 0.6 is 11.8 Å². The monoisotopic (exact) mass is 466 g/mol. The third-order valence-corrected chi connectivity index (χ3v) is 6.64. The molecule has 0 aliphatic carbocycles. The van der Waals surface area contributed by atoms with Gasteiger partial charge in [0.2, 0.25) is 5.91 Å². The maximum Gasteiger partial charge on any atom is 0.234 e. The van der Waals surface area contributed by atoms with Crippen LogP contribution in [0.2, 0.25) is 0 Å². The zero-order valence-electron chi connectivity index (χ0n) is 19.3. The minimum Gasteiger partial charge on any atom is -0.497 e. The molecule has 0 bridgehead atoms. The van der Waals surface area contributed by atoms with Gasteiger partial charge in [-0.25, -0.2) is 0 Å². The van der Waals surface area contributed by atoms with Crippen LogP contribution in [0.25, 0.3) is 11.4 Å². The second-order valence-corrected chi connectivity index (χ2v) is 9.34. The van der Waals surface area contributed by atoms with Gasteiger partial charge < -0.3 is 14.8 Å². The minimum absolute atomic E-state index is 0.0741. The SMILES string of the molecule is COc1ccc(-c2nnc(SCC(=O)Nc3ccc(C(C)C)cc3)n2CC2CCCO2)cc1. The van der Waals surface area contributed by atoms with Gasteiger partial charge in [0, 0.05) is 17.9 Å². The molecule has 4 rings (SSSR count). The van der Waals surface area contributed by atoms with Gasteiger partial charge in [0.05, 0.1) is 25.5 Å². The maximum atomic E-state index is 12.6. The van der Waals surface area contributed by atoms with Crippen molar-refractivity contribution in [2.45, 2.75) is 50.4 Å². The van der Waals surface area contributed by atoms with Gasteiger partial charge >= 0.3 is 0 Å². The van der Waals surface area contributed by atoms with Crippen molar-refractivity contribution < 1.29 is 14.3 Å². The summed E-state index contributed by atoms with van der Waals surface area (Å²) in [6, 6.07) is 15.7. The fourth-order valence-electron chi connectivity index (χ4n) is 3.78. The lowest BCUT2D eigenvalue weighted by Gasteiger charge is -2.15. The number of rotatable bonds is 9. The van der Waals surface area contributed by atoms with Gasteiger partial charge in [0.1, 0.15) is 5.75 Å². The highest BCUT2D eigenvalue weighted by molar-refractivity contribution is 7.99. The third-order valence-electron chi connectivity index (χ3n) is 5.67. The standard InChI is InChI=1S/C25H30N4O3S/c1-17(2)18-6-10-20(11-7-18)26-23(30)16-33-25-28-27-24(19-8-12-21(31-3)13-9-19)29(25)15-22-5-4-14-32-22/h6-13,17,22H,4-5,14-16H2,1-3H3,(H,26,30). The molecule has 7 nitrogen and oxygen atoms in total. The summed E-state index contributed by atoms with van der Waals surface area (Å²) in [4.78, 5) is 12.6. The molecule has 2 heterocycles. The second-order valence-electron chi connectivity index (χ2n) is 8.39. The summed E-state index contributed by atoms with van der Waals surface area (Å²) in [7, 11) is 1.65. The summed E-state index contributed by atoms with van der Waals surface area (Å²) in [6.45, 7) is 5.74. The van der Waals surface area contributed by atoms with Crippen LogP contribution in [0.5, 0.6) is 5.75 Å². The van der Waals surface area contributed by atoms with Crippen LogP contribution in [0.15, 0.2) is 53.7 Å². The van der Waals surface area contributed by atoms with Crippen LogP contribution in [0, 0.1) is 0 Å². The highest BCUT2D eigenvalue weighted by Gasteiger charge is 2.22. The number of nitrogens with zero attached hydrogens (tertiary/aromatic N) is 3. The van der Waals surface area contributed by atoms with E-state index in [1.165, 1.54) is 17.3 Å². The smallest absolute Gasteiger partial charge is 0.234 e. The molecule has 2 aromatic carbocycles. The van der Waals surface area contributed by atoms with Crippen molar-refractivity contribution in [2.24, 2.45) is 0 Å². The summed E-state index contributed by atoms with van der Waals surface area (Å²) < 4.78 is 13.2. The zero-order valence-corrected chi connectivity index (χ0v) is 20.1. The predicted molar refractivity (Wildman–Crippen MR) is 131 cm³/mol. The van der Waals surface area contributed by atoms with E-state index in [9.17, 15) is 4.79 Å². The Bertz CT molecular complexity index is 1060. The quantitative estimate of drug-likeness (QED) is 0.448. The summed E-state index contributed by atoms with van der Waals surface area (Å²) in [6.07, 6.45) is 2.20. The van der Waals surface area contributed by atoms with E-state index in [2.05, 4.69) is 33.9 Å². The van der Waals surface area contributed by atoms with Gasteiger partial charge in [-0.1, -0.05) is 37.7 Å². The first kappa shape index (κ1) is 23.3. The number of hydrogen-bond acceptors (Lipinski definition) is 6. The van der Waals surface area contributed by atoms with Crippen LogP contribution in [0.1, 0.15) is 38.2 Å². The van der Waals surface area contributed by atoms with Crippen LogP contribution < -0.4 is 10.1 Å². The number of amides is 1. The molecular formula is C25H30N4O3S. The Hall–Kier alpha value is -2.84.